The van der Waals surface area contributed by atoms with Crippen LogP contribution in [0.4, 0.5) is 0 Å². The molecule has 0 radical (unpaired) electrons. The molecule has 2 heterocycles. The smallest absolute Gasteiger partial charge is 0.244 e. The summed E-state index contributed by atoms with van der Waals surface area (Å²) in [5.41, 5.74) is 1.15. The van der Waals surface area contributed by atoms with Gasteiger partial charge in [0, 0.05) is 6.04 Å². The van der Waals surface area contributed by atoms with Gasteiger partial charge in [-0.3, -0.25) is 20.2 Å². The van der Waals surface area contributed by atoms with Crippen molar-refractivity contribution < 1.29 is 9.59 Å². The molecule has 80 valence electrons. The molecule has 0 aromatic carbocycles. The van der Waals surface area contributed by atoms with Crippen molar-refractivity contribution in [1.29, 1.82) is 0 Å². The van der Waals surface area contributed by atoms with E-state index in [1.54, 1.807) is 11.3 Å². The summed E-state index contributed by atoms with van der Waals surface area (Å²) in [6.07, 6.45) is 0.243. The summed E-state index contributed by atoms with van der Waals surface area (Å²) < 4.78 is 0. The number of hydrogen-bond acceptors (Lipinski definition) is 4. The molecule has 2 atom stereocenters. The lowest BCUT2D eigenvalue weighted by molar-refractivity contribution is -0.125. The molecule has 0 bridgehead atoms. The maximum Gasteiger partial charge on any atom is 0.244 e. The summed E-state index contributed by atoms with van der Waals surface area (Å²) in [6, 6.07) is 1.72. The highest BCUT2D eigenvalue weighted by atomic mass is 32.1. The Morgan fingerprint density at radius 1 is 1.60 bits per heavy atom. The molecule has 0 aliphatic carbocycles. The molecule has 5 heteroatoms. The van der Waals surface area contributed by atoms with Gasteiger partial charge in [-0.15, -0.1) is 0 Å². The van der Waals surface area contributed by atoms with Crippen LogP contribution >= 0.6 is 11.3 Å². The number of hydrogen-bond donors (Lipinski definition) is 2. The standard InChI is InChI=1S/C10H12N2O2S/c1-6(7-2-3-15-5-7)11-8-4-9(13)12-10(8)14/h2-3,5-6,8,11H,4H2,1H3,(H,12,13,14). The lowest BCUT2D eigenvalue weighted by Gasteiger charge is -2.15. The number of rotatable bonds is 3. The van der Waals surface area contributed by atoms with Gasteiger partial charge in [0.1, 0.15) is 0 Å². The Hall–Kier alpha value is -1.20. The largest absolute Gasteiger partial charge is 0.299 e. The lowest BCUT2D eigenvalue weighted by Crippen LogP contribution is -2.37. The molecule has 15 heavy (non-hydrogen) atoms. The zero-order chi connectivity index (χ0) is 10.8. The zero-order valence-electron chi connectivity index (χ0n) is 8.32. The van der Waals surface area contributed by atoms with Crippen LogP contribution in [0.2, 0.25) is 0 Å². The fourth-order valence-electron chi connectivity index (χ4n) is 1.61. The molecule has 0 saturated carbocycles. The molecule has 1 saturated heterocycles. The van der Waals surface area contributed by atoms with Crippen molar-refractivity contribution in [3.05, 3.63) is 22.4 Å². The van der Waals surface area contributed by atoms with E-state index in [2.05, 4.69) is 10.6 Å². The third kappa shape index (κ3) is 2.24. The Morgan fingerprint density at radius 2 is 2.40 bits per heavy atom. The summed E-state index contributed by atoms with van der Waals surface area (Å²) in [5, 5.41) is 9.44. The van der Waals surface area contributed by atoms with E-state index >= 15 is 0 Å². The van der Waals surface area contributed by atoms with Gasteiger partial charge in [-0.25, -0.2) is 0 Å². The molecule has 2 unspecified atom stereocenters. The van der Waals surface area contributed by atoms with Crippen LogP contribution in [0.1, 0.15) is 24.9 Å². The molecule has 4 nitrogen and oxygen atoms in total. The summed E-state index contributed by atoms with van der Waals surface area (Å²) in [6.45, 7) is 1.98. The van der Waals surface area contributed by atoms with Crippen LogP contribution in [0.5, 0.6) is 0 Å². The normalized spacial score (nSPS) is 22.9. The van der Waals surface area contributed by atoms with Crippen molar-refractivity contribution in [1.82, 2.24) is 10.6 Å². The van der Waals surface area contributed by atoms with Crippen molar-refractivity contribution in [3.8, 4) is 0 Å². The third-order valence-corrected chi connectivity index (χ3v) is 3.16. The van der Waals surface area contributed by atoms with Crippen LogP contribution in [-0.2, 0) is 9.59 Å². The first kappa shape index (κ1) is 10.3. The van der Waals surface area contributed by atoms with Crippen molar-refractivity contribution in [3.63, 3.8) is 0 Å². The van der Waals surface area contributed by atoms with E-state index in [9.17, 15) is 9.59 Å². The topological polar surface area (TPSA) is 58.2 Å². The number of amides is 2. The molecule has 2 N–H and O–H groups in total. The van der Waals surface area contributed by atoms with Gasteiger partial charge in [0.2, 0.25) is 11.8 Å². The Labute approximate surface area is 91.7 Å². The van der Waals surface area contributed by atoms with Gasteiger partial charge >= 0.3 is 0 Å². The van der Waals surface area contributed by atoms with E-state index in [0.717, 1.165) is 5.56 Å². The maximum absolute atomic E-state index is 11.3. The number of carbonyl (C=O) groups is 2. The number of thiophene rings is 1. The molecule has 1 aliphatic heterocycles. The predicted molar refractivity (Wildman–Crippen MR) is 57.4 cm³/mol. The molecular weight excluding hydrogens is 212 g/mol. The van der Waals surface area contributed by atoms with E-state index in [1.165, 1.54) is 0 Å². The second kappa shape index (κ2) is 4.12. The highest BCUT2D eigenvalue weighted by Gasteiger charge is 2.31. The molecular formula is C10H12N2O2S. The van der Waals surface area contributed by atoms with E-state index in [1.807, 2.05) is 23.8 Å². The van der Waals surface area contributed by atoms with Crippen molar-refractivity contribution in [2.45, 2.75) is 25.4 Å². The maximum atomic E-state index is 11.3. The van der Waals surface area contributed by atoms with Gasteiger partial charge in [-0.05, 0) is 29.3 Å². The fourth-order valence-corrected chi connectivity index (χ4v) is 2.36. The van der Waals surface area contributed by atoms with E-state index in [0.29, 0.717) is 0 Å². The van der Waals surface area contributed by atoms with Crippen molar-refractivity contribution >= 4 is 23.2 Å². The van der Waals surface area contributed by atoms with Crippen LogP contribution < -0.4 is 10.6 Å². The van der Waals surface area contributed by atoms with Crippen LogP contribution in [0.25, 0.3) is 0 Å². The van der Waals surface area contributed by atoms with Gasteiger partial charge in [0.15, 0.2) is 0 Å². The predicted octanol–water partition coefficient (Wildman–Crippen LogP) is 0.814. The minimum Gasteiger partial charge on any atom is -0.299 e. The van der Waals surface area contributed by atoms with E-state index < -0.39 is 0 Å². The zero-order valence-corrected chi connectivity index (χ0v) is 9.14. The summed E-state index contributed by atoms with van der Waals surface area (Å²) >= 11 is 1.62. The molecule has 1 aromatic heterocycles. The minimum absolute atomic E-state index is 0.0953. The summed E-state index contributed by atoms with van der Waals surface area (Å²) in [4.78, 5) is 22.3. The average molecular weight is 224 g/mol. The van der Waals surface area contributed by atoms with Gasteiger partial charge in [-0.2, -0.15) is 11.3 Å². The summed E-state index contributed by atoms with van der Waals surface area (Å²) in [5.74, 6) is -0.419. The Bertz CT molecular complexity index is 375. The van der Waals surface area contributed by atoms with Crippen LogP contribution in [0.15, 0.2) is 16.8 Å². The molecule has 1 aliphatic rings. The third-order valence-electron chi connectivity index (χ3n) is 2.46. The first-order valence-corrected chi connectivity index (χ1v) is 5.73. The van der Waals surface area contributed by atoms with Gasteiger partial charge in [0.05, 0.1) is 12.5 Å². The number of imide groups is 1. The first-order chi connectivity index (χ1) is 7.16. The van der Waals surface area contributed by atoms with Gasteiger partial charge in [-0.1, -0.05) is 0 Å². The summed E-state index contributed by atoms with van der Waals surface area (Å²) in [7, 11) is 0. The van der Waals surface area contributed by atoms with Crippen molar-refractivity contribution in [2.24, 2.45) is 0 Å². The highest BCUT2D eigenvalue weighted by Crippen LogP contribution is 2.17. The lowest BCUT2D eigenvalue weighted by atomic mass is 10.1. The molecule has 1 fully saturated rings. The highest BCUT2D eigenvalue weighted by molar-refractivity contribution is 7.07. The van der Waals surface area contributed by atoms with E-state index in [-0.39, 0.29) is 30.3 Å². The van der Waals surface area contributed by atoms with Gasteiger partial charge < -0.3 is 0 Å². The van der Waals surface area contributed by atoms with Crippen LogP contribution in [0, 0.1) is 0 Å². The van der Waals surface area contributed by atoms with Crippen LogP contribution in [0.3, 0.4) is 0 Å². The van der Waals surface area contributed by atoms with Crippen molar-refractivity contribution in [2.75, 3.05) is 0 Å². The SMILES string of the molecule is CC(NC1CC(=O)NC1=O)c1ccsc1. The number of carbonyl (C=O) groups excluding carboxylic acids is 2. The van der Waals surface area contributed by atoms with Crippen LogP contribution in [-0.4, -0.2) is 17.9 Å². The number of nitrogens with one attached hydrogen (secondary N) is 2. The second-order valence-electron chi connectivity index (χ2n) is 3.61. The molecule has 0 spiro atoms. The average Bonchev–Trinajstić information content (AvgIpc) is 2.76. The first-order valence-electron chi connectivity index (χ1n) is 4.78. The fraction of sp³-hybridized carbons (Fsp3) is 0.400. The second-order valence-corrected chi connectivity index (χ2v) is 4.39. The Kier molecular flexibility index (Phi) is 2.83. The van der Waals surface area contributed by atoms with Gasteiger partial charge in [0.25, 0.3) is 0 Å². The Morgan fingerprint density at radius 3 is 2.93 bits per heavy atom. The monoisotopic (exact) mass is 224 g/mol. The molecule has 2 amide bonds. The van der Waals surface area contributed by atoms with E-state index in [4.69, 9.17) is 0 Å². The minimum atomic E-state index is -0.382. The molecule has 1 aromatic rings. The molecule has 2 rings (SSSR count). The quantitative estimate of drug-likeness (QED) is 0.747. The Balaban J connectivity index is 1.98.